The second-order valence-corrected chi connectivity index (χ2v) is 7.43. The number of benzene rings is 1. The third-order valence-corrected chi connectivity index (χ3v) is 5.70. The number of piperidine rings is 1. The summed E-state index contributed by atoms with van der Waals surface area (Å²) in [5.41, 5.74) is 1.13. The summed E-state index contributed by atoms with van der Waals surface area (Å²) in [5.74, 6) is 0.462. The molecule has 1 aliphatic carbocycles. The largest absolute Gasteiger partial charge is 0.484 e. The standard InChI is InChI=1S/C20H29N3O3/c1-21-19(25)13-26-16-6-2-5-15(11-16)12-18(24)23-14-20-8-3-7-17(20)22-10-4-9-20/h2,5-6,11,17,22H,3-4,7-10,12-14H2,1H3,(H,21,25)(H,23,24). The van der Waals surface area contributed by atoms with E-state index in [2.05, 4.69) is 16.0 Å². The van der Waals surface area contributed by atoms with E-state index >= 15 is 0 Å². The summed E-state index contributed by atoms with van der Waals surface area (Å²) in [6, 6.07) is 7.92. The molecule has 26 heavy (non-hydrogen) atoms. The van der Waals surface area contributed by atoms with Crippen LogP contribution in [0.25, 0.3) is 0 Å². The Morgan fingerprint density at radius 3 is 2.96 bits per heavy atom. The number of ether oxygens (including phenoxy) is 1. The lowest BCUT2D eigenvalue weighted by Crippen LogP contribution is -2.52. The number of fused-ring (bicyclic) bond motifs is 1. The fraction of sp³-hybridized carbons (Fsp3) is 0.600. The van der Waals surface area contributed by atoms with Gasteiger partial charge in [0.05, 0.1) is 6.42 Å². The molecule has 1 heterocycles. The molecule has 1 saturated carbocycles. The van der Waals surface area contributed by atoms with Gasteiger partial charge in [-0.05, 0) is 49.9 Å². The molecule has 3 rings (SSSR count). The zero-order valence-corrected chi connectivity index (χ0v) is 15.5. The zero-order chi connectivity index (χ0) is 18.4. The molecule has 1 aliphatic heterocycles. The molecule has 0 spiro atoms. The van der Waals surface area contributed by atoms with Crippen molar-refractivity contribution in [3.05, 3.63) is 29.8 Å². The van der Waals surface area contributed by atoms with Crippen LogP contribution in [0.3, 0.4) is 0 Å². The van der Waals surface area contributed by atoms with Crippen LogP contribution in [0.2, 0.25) is 0 Å². The van der Waals surface area contributed by atoms with Gasteiger partial charge in [-0.15, -0.1) is 0 Å². The number of amides is 2. The van der Waals surface area contributed by atoms with Crippen molar-refractivity contribution in [2.24, 2.45) is 5.41 Å². The topological polar surface area (TPSA) is 79.5 Å². The molecule has 142 valence electrons. The van der Waals surface area contributed by atoms with Crippen molar-refractivity contribution < 1.29 is 14.3 Å². The van der Waals surface area contributed by atoms with Crippen LogP contribution < -0.4 is 20.7 Å². The summed E-state index contributed by atoms with van der Waals surface area (Å²) < 4.78 is 5.44. The molecule has 2 fully saturated rings. The first kappa shape index (κ1) is 18.7. The Morgan fingerprint density at radius 1 is 1.27 bits per heavy atom. The molecule has 1 aromatic carbocycles. The Labute approximate surface area is 155 Å². The molecule has 6 nitrogen and oxygen atoms in total. The van der Waals surface area contributed by atoms with Gasteiger partial charge in [-0.3, -0.25) is 9.59 Å². The monoisotopic (exact) mass is 359 g/mol. The number of likely N-dealkylation sites (N-methyl/N-ethyl adjacent to an activating group) is 1. The van der Waals surface area contributed by atoms with Gasteiger partial charge in [0.15, 0.2) is 6.61 Å². The first-order valence-corrected chi connectivity index (χ1v) is 9.54. The molecule has 0 aromatic heterocycles. The maximum absolute atomic E-state index is 12.4. The lowest BCUT2D eigenvalue weighted by atomic mass is 9.76. The Morgan fingerprint density at radius 2 is 2.12 bits per heavy atom. The second-order valence-electron chi connectivity index (χ2n) is 7.43. The maximum atomic E-state index is 12.4. The number of nitrogens with one attached hydrogen (secondary N) is 3. The molecular formula is C20H29N3O3. The summed E-state index contributed by atoms with van der Waals surface area (Å²) in [5, 5.41) is 9.30. The summed E-state index contributed by atoms with van der Waals surface area (Å²) in [6.45, 7) is 1.84. The Balaban J connectivity index is 1.51. The minimum atomic E-state index is -0.181. The van der Waals surface area contributed by atoms with E-state index in [0.717, 1.165) is 18.7 Å². The van der Waals surface area contributed by atoms with Crippen molar-refractivity contribution in [1.82, 2.24) is 16.0 Å². The van der Waals surface area contributed by atoms with Crippen LogP contribution in [-0.2, 0) is 16.0 Å². The Bertz CT molecular complexity index is 649. The third-order valence-electron chi connectivity index (χ3n) is 5.70. The molecule has 2 amide bonds. The van der Waals surface area contributed by atoms with Gasteiger partial charge in [-0.25, -0.2) is 0 Å². The quantitative estimate of drug-likeness (QED) is 0.687. The van der Waals surface area contributed by atoms with E-state index in [9.17, 15) is 9.59 Å². The minimum absolute atomic E-state index is 0.0247. The molecule has 0 radical (unpaired) electrons. The van der Waals surface area contributed by atoms with Crippen molar-refractivity contribution in [2.45, 2.75) is 44.6 Å². The molecule has 2 atom stereocenters. The fourth-order valence-electron chi connectivity index (χ4n) is 4.26. The van der Waals surface area contributed by atoms with Crippen molar-refractivity contribution >= 4 is 11.8 Å². The molecule has 0 bridgehead atoms. The highest BCUT2D eigenvalue weighted by Crippen LogP contribution is 2.43. The maximum Gasteiger partial charge on any atom is 0.257 e. The van der Waals surface area contributed by atoms with E-state index < -0.39 is 0 Å². The third kappa shape index (κ3) is 4.55. The highest BCUT2D eigenvalue weighted by molar-refractivity contribution is 5.79. The van der Waals surface area contributed by atoms with E-state index in [1.54, 1.807) is 13.1 Å². The number of rotatable bonds is 7. The van der Waals surface area contributed by atoms with E-state index in [-0.39, 0.29) is 23.8 Å². The van der Waals surface area contributed by atoms with Crippen LogP contribution in [0, 0.1) is 5.41 Å². The van der Waals surface area contributed by atoms with Crippen LogP contribution in [-0.4, -0.2) is 44.6 Å². The van der Waals surface area contributed by atoms with E-state index in [4.69, 9.17) is 4.74 Å². The average molecular weight is 359 g/mol. The van der Waals surface area contributed by atoms with Crippen LogP contribution in [0.5, 0.6) is 5.75 Å². The van der Waals surface area contributed by atoms with Crippen LogP contribution in [0.1, 0.15) is 37.7 Å². The number of hydrogen-bond donors (Lipinski definition) is 3. The summed E-state index contributed by atoms with van der Waals surface area (Å²) in [4.78, 5) is 23.7. The van der Waals surface area contributed by atoms with Gasteiger partial charge in [0.1, 0.15) is 5.75 Å². The zero-order valence-electron chi connectivity index (χ0n) is 15.5. The SMILES string of the molecule is CNC(=O)COc1cccc(CC(=O)NCC23CCCNC2CCC3)c1. The number of carbonyl (C=O) groups excluding carboxylic acids is 2. The van der Waals surface area contributed by atoms with Gasteiger partial charge in [0.25, 0.3) is 5.91 Å². The Kier molecular flexibility index (Phi) is 6.14. The number of carbonyl (C=O) groups is 2. The predicted octanol–water partition coefficient (Wildman–Crippen LogP) is 1.39. The average Bonchev–Trinajstić information content (AvgIpc) is 3.09. The highest BCUT2D eigenvalue weighted by atomic mass is 16.5. The number of hydrogen-bond acceptors (Lipinski definition) is 4. The van der Waals surface area contributed by atoms with Crippen LogP contribution in [0.15, 0.2) is 24.3 Å². The van der Waals surface area contributed by atoms with Crippen LogP contribution in [0.4, 0.5) is 0 Å². The van der Waals surface area contributed by atoms with Crippen LogP contribution >= 0.6 is 0 Å². The van der Waals surface area contributed by atoms with Crippen molar-refractivity contribution in [1.29, 1.82) is 0 Å². The lowest BCUT2D eigenvalue weighted by Gasteiger charge is -2.40. The predicted molar refractivity (Wildman–Crippen MR) is 100 cm³/mol. The van der Waals surface area contributed by atoms with Gasteiger partial charge in [0.2, 0.25) is 5.91 Å². The van der Waals surface area contributed by atoms with Gasteiger partial charge < -0.3 is 20.7 Å². The van der Waals surface area contributed by atoms with Crippen molar-refractivity contribution in [3.63, 3.8) is 0 Å². The molecule has 3 N–H and O–H groups in total. The normalized spacial score (nSPS) is 24.6. The first-order valence-electron chi connectivity index (χ1n) is 9.54. The molecule has 2 unspecified atom stereocenters. The van der Waals surface area contributed by atoms with Gasteiger partial charge in [-0.2, -0.15) is 0 Å². The van der Waals surface area contributed by atoms with Crippen molar-refractivity contribution in [2.75, 3.05) is 26.7 Å². The second kappa shape index (κ2) is 8.54. The fourth-order valence-corrected chi connectivity index (χ4v) is 4.26. The molecular weight excluding hydrogens is 330 g/mol. The summed E-state index contributed by atoms with van der Waals surface area (Å²) in [7, 11) is 1.57. The van der Waals surface area contributed by atoms with E-state index in [0.29, 0.717) is 18.2 Å². The molecule has 1 aromatic rings. The van der Waals surface area contributed by atoms with E-state index in [1.165, 1.54) is 32.1 Å². The Hall–Kier alpha value is -2.08. The summed E-state index contributed by atoms with van der Waals surface area (Å²) in [6.07, 6.45) is 6.39. The van der Waals surface area contributed by atoms with E-state index in [1.807, 2.05) is 18.2 Å². The minimum Gasteiger partial charge on any atom is -0.484 e. The highest BCUT2D eigenvalue weighted by Gasteiger charge is 2.44. The van der Waals surface area contributed by atoms with Gasteiger partial charge in [-0.1, -0.05) is 18.6 Å². The summed E-state index contributed by atoms with van der Waals surface area (Å²) >= 11 is 0. The molecule has 2 aliphatic rings. The van der Waals surface area contributed by atoms with Gasteiger partial charge in [0, 0.05) is 25.0 Å². The lowest BCUT2D eigenvalue weighted by molar-refractivity contribution is -0.123. The molecule has 6 heteroatoms. The molecule has 1 saturated heterocycles. The van der Waals surface area contributed by atoms with Gasteiger partial charge >= 0.3 is 0 Å². The smallest absolute Gasteiger partial charge is 0.257 e. The van der Waals surface area contributed by atoms with Crippen molar-refractivity contribution in [3.8, 4) is 5.75 Å². The first-order chi connectivity index (χ1) is 12.6.